The predicted octanol–water partition coefficient (Wildman–Crippen LogP) is 4.22. The van der Waals surface area contributed by atoms with Gasteiger partial charge in [-0.2, -0.15) is 0 Å². The Labute approximate surface area is 149 Å². The largest absolute Gasteiger partial charge is 0.326 e. The Morgan fingerprint density at radius 3 is 2.48 bits per heavy atom. The van der Waals surface area contributed by atoms with Crippen molar-refractivity contribution in [1.82, 2.24) is 4.98 Å². The first-order valence-corrected chi connectivity index (χ1v) is 8.64. The zero-order chi connectivity index (χ0) is 17.5. The van der Waals surface area contributed by atoms with Gasteiger partial charge in [0, 0.05) is 17.3 Å². The van der Waals surface area contributed by atoms with Crippen LogP contribution in [0.25, 0.3) is 6.08 Å². The van der Waals surface area contributed by atoms with Crippen LogP contribution in [0.2, 0.25) is 0 Å². The van der Waals surface area contributed by atoms with Gasteiger partial charge in [0.2, 0.25) is 11.7 Å². The number of anilines is 1. The molecule has 3 aromatic rings. The summed E-state index contributed by atoms with van der Waals surface area (Å²) in [6, 6.07) is 16.9. The number of amides is 1. The number of carbonyl (C=O) groups excluding carboxylic acids is 2. The van der Waals surface area contributed by atoms with Gasteiger partial charge in [-0.05, 0) is 29.3 Å². The van der Waals surface area contributed by atoms with E-state index in [1.165, 1.54) is 17.4 Å². The Hall–Kier alpha value is -3.05. The molecule has 1 amide bonds. The molecule has 0 saturated heterocycles. The van der Waals surface area contributed by atoms with Gasteiger partial charge in [0.15, 0.2) is 5.01 Å². The predicted molar refractivity (Wildman–Crippen MR) is 101 cm³/mol. The molecule has 0 saturated carbocycles. The maximum Gasteiger partial charge on any atom is 0.228 e. The van der Waals surface area contributed by atoms with E-state index in [9.17, 15) is 9.59 Å². The van der Waals surface area contributed by atoms with E-state index in [4.69, 9.17) is 0 Å². The van der Waals surface area contributed by atoms with Crippen LogP contribution in [-0.4, -0.2) is 16.7 Å². The molecule has 0 spiro atoms. The number of para-hydroxylation sites is 1. The molecule has 3 rings (SSSR count). The second kappa shape index (κ2) is 8.17. The first-order valence-electron chi connectivity index (χ1n) is 7.76. The monoisotopic (exact) mass is 348 g/mol. The summed E-state index contributed by atoms with van der Waals surface area (Å²) in [5.74, 6) is -0.172. The molecule has 0 fully saturated rings. The van der Waals surface area contributed by atoms with Crippen LogP contribution < -0.4 is 5.32 Å². The fraction of sp³-hybridized carbons (Fsp3) is 0.0500. The normalized spacial score (nSPS) is 10.7. The molecule has 4 nitrogen and oxygen atoms in total. The number of nitrogens with zero attached hydrogens (tertiary/aromatic N) is 1. The smallest absolute Gasteiger partial charge is 0.228 e. The molecule has 0 bridgehead atoms. The number of benzene rings is 2. The highest BCUT2D eigenvalue weighted by atomic mass is 32.1. The highest BCUT2D eigenvalue weighted by molar-refractivity contribution is 7.11. The van der Waals surface area contributed by atoms with Crippen LogP contribution in [0.4, 0.5) is 5.69 Å². The fourth-order valence-electron chi connectivity index (χ4n) is 2.25. The fourth-order valence-corrected chi connectivity index (χ4v) is 2.80. The van der Waals surface area contributed by atoms with E-state index < -0.39 is 0 Å². The van der Waals surface area contributed by atoms with Gasteiger partial charge in [0.25, 0.3) is 0 Å². The number of aromatic nitrogens is 1. The molecule has 0 radical (unpaired) electrons. The lowest BCUT2D eigenvalue weighted by Gasteiger charge is -2.05. The molecule has 2 aromatic carbocycles. The number of thiazole rings is 1. The quantitative estimate of drug-likeness (QED) is 0.536. The summed E-state index contributed by atoms with van der Waals surface area (Å²) in [5, 5.41) is 5.11. The highest BCUT2D eigenvalue weighted by Crippen LogP contribution is 2.11. The molecule has 1 N–H and O–H groups in total. The summed E-state index contributed by atoms with van der Waals surface area (Å²) >= 11 is 1.32. The van der Waals surface area contributed by atoms with Gasteiger partial charge < -0.3 is 5.32 Å². The zero-order valence-corrected chi connectivity index (χ0v) is 14.2. The maximum atomic E-state index is 12.0. The van der Waals surface area contributed by atoms with Gasteiger partial charge in [0.05, 0.1) is 6.42 Å². The average molecular weight is 348 g/mol. The van der Waals surface area contributed by atoms with Crippen LogP contribution in [0.1, 0.15) is 20.9 Å². The highest BCUT2D eigenvalue weighted by Gasteiger charge is 2.05. The standard InChI is InChI=1S/C20H16N2O2S/c23-18(20-21-12-13-25-20)11-10-15-6-8-16(9-7-15)14-19(24)22-17-4-2-1-3-5-17/h1-13H,14H2,(H,22,24)/b11-10+. The van der Waals surface area contributed by atoms with Crippen LogP contribution >= 0.6 is 11.3 Å². The van der Waals surface area contributed by atoms with Crippen molar-refractivity contribution < 1.29 is 9.59 Å². The van der Waals surface area contributed by atoms with Gasteiger partial charge in [-0.25, -0.2) is 4.98 Å². The van der Waals surface area contributed by atoms with Crippen LogP contribution in [0.3, 0.4) is 0 Å². The molecular weight excluding hydrogens is 332 g/mol. The van der Waals surface area contributed by atoms with Gasteiger partial charge in [-0.1, -0.05) is 48.5 Å². The third-order valence-electron chi connectivity index (χ3n) is 3.47. The Morgan fingerprint density at radius 2 is 1.80 bits per heavy atom. The summed E-state index contributed by atoms with van der Waals surface area (Å²) < 4.78 is 0. The number of hydrogen-bond donors (Lipinski definition) is 1. The number of ketones is 1. The lowest BCUT2D eigenvalue weighted by Crippen LogP contribution is -2.14. The molecule has 25 heavy (non-hydrogen) atoms. The summed E-state index contributed by atoms with van der Waals surface area (Å²) in [6.07, 6.45) is 5.17. The van der Waals surface area contributed by atoms with Crippen LogP contribution in [0, 0.1) is 0 Å². The van der Waals surface area contributed by atoms with E-state index in [0.717, 1.165) is 16.8 Å². The Morgan fingerprint density at radius 1 is 1.04 bits per heavy atom. The van der Waals surface area contributed by atoms with Crippen molar-refractivity contribution in [3.63, 3.8) is 0 Å². The Bertz CT molecular complexity index is 870. The van der Waals surface area contributed by atoms with Crippen molar-refractivity contribution in [2.75, 3.05) is 5.32 Å². The molecule has 124 valence electrons. The minimum absolute atomic E-state index is 0.0616. The molecule has 0 aliphatic rings. The first kappa shape index (κ1) is 16.8. The Kier molecular flexibility index (Phi) is 5.49. The first-order chi connectivity index (χ1) is 12.2. The number of carbonyl (C=O) groups is 2. The van der Waals surface area contributed by atoms with Crippen molar-refractivity contribution in [2.45, 2.75) is 6.42 Å². The van der Waals surface area contributed by atoms with Gasteiger partial charge >= 0.3 is 0 Å². The topological polar surface area (TPSA) is 59.1 Å². The van der Waals surface area contributed by atoms with Gasteiger partial charge in [0.1, 0.15) is 0 Å². The molecule has 0 aliphatic carbocycles. The second-order valence-corrected chi connectivity index (χ2v) is 6.26. The average Bonchev–Trinajstić information content (AvgIpc) is 3.16. The number of hydrogen-bond acceptors (Lipinski definition) is 4. The van der Waals surface area contributed by atoms with Crippen molar-refractivity contribution in [3.8, 4) is 0 Å². The lowest BCUT2D eigenvalue weighted by atomic mass is 10.1. The Balaban J connectivity index is 1.57. The summed E-state index contributed by atoms with van der Waals surface area (Å²) in [4.78, 5) is 27.9. The molecule has 0 aliphatic heterocycles. The van der Waals surface area contributed by atoms with Crippen molar-refractivity contribution in [2.24, 2.45) is 0 Å². The van der Waals surface area contributed by atoms with Crippen LogP contribution in [0.5, 0.6) is 0 Å². The number of rotatable bonds is 6. The van der Waals surface area contributed by atoms with E-state index in [1.54, 1.807) is 17.7 Å². The molecule has 5 heteroatoms. The summed E-state index contributed by atoms with van der Waals surface area (Å²) in [6.45, 7) is 0. The van der Waals surface area contributed by atoms with Crippen molar-refractivity contribution in [3.05, 3.63) is 88.4 Å². The van der Waals surface area contributed by atoms with Gasteiger partial charge in [-0.3, -0.25) is 9.59 Å². The van der Waals surface area contributed by atoms with E-state index in [-0.39, 0.29) is 11.7 Å². The maximum absolute atomic E-state index is 12.0. The molecule has 1 aromatic heterocycles. The van der Waals surface area contributed by atoms with Crippen molar-refractivity contribution in [1.29, 1.82) is 0 Å². The van der Waals surface area contributed by atoms with Crippen molar-refractivity contribution >= 4 is 34.8 Å². The number of allylic oxidation sites excluding steroid dienone is 1. The molecule has 1 heterocycles. The van der Waals surface area contributed by atoms with Gasteiger partial charge in [-0.15, -0.1) is 11.3 Å². The lowest BCUT2D eigenvalue weighted by molar-refractivity contribution is -0.115. The van der Waals surface area contributed by atoms with E-state index in [2.05, 4.69) is 10.3 Å². The molecule has 0 atom stereocenters. The second-order valence-electron chi connectivity index (χ2n) is 5.37. The van der Waals surface area contributed by atoms with Crippen LogP contribution in [-0.2, 0) is 11.2 Å². The third-order valence-corrected chi connectivity index (χ3v) is 4.26. The van der Waals surface area contributed by atoms with E-state index in [1.807, 2.05) is 54.6 Å². The molecule has 0 unspecified atom stereocenters. The third kappa shape index (κ3) is 4.96. The SMILES string of the molecule is O=C(Cc1ccc(/C=C/C(=O)c2nccs2)cc1)Nc1ccccc1. The minimum Gasteiger partial charge on any atom is -0.326 e. The van der Waals surface area contributed by atoms with E-state index >= 15 is 0 Å². The van der Waals surface area contributed by atoms with E-state index in [0.29, 0.717) is 11.4 Å². The molecular formula is C20H16N2O2S. The minimum atomic E-state index is -0.110. The zero-order valence-electron chi connectivity index (χ0n) is 13.4. The van der Waals surface area contributed by atoms with Crippen LogP contribution in [0.15, 0.2) is 72.3 Å². The number of nitrogens with one attached hydrogen (secondary N) is 1. The summed E-state index contributed by atoms with van der Waals surface area (Å²) in [5.41, 5.74) is 2.60. The summed E-state index contributed by atoms with van der Waals surface area (Å²) in [7, 11) is 0.